The number of nitro groups is 1. The second-order valence-electron chi connectivity index (χ2n) is 5.10. The zero-order valence-corrected chi connectivity index (χ0v) is 13.8. The van der Waals surface area contributed by atoms with E-state index in [0.29, 0.717) is 5.56 Å². The first-order chi connectivity index (χ1) is 11.5. The lowest BCUT2D eigenvalue weighted by Gasteiger charge is -2.21. The Morgan fingerprint density at radius 3 is 2.38 bits per heavy atom. The molecule has 1 amide bonds. The van der Waals surface area contributed by atoms with Crippen molar-refractivity contribution in [1.29, 1.82) is 0 Å². The molecule has 24 heavy (non-hydrogen) atoms. The molecule has 0 aromatic heterocycles. The van der Waals surface area contributed by atoms with E-state index in [4.69, 9.17) is 16.3 Å². The van der Waals surface area contributed by atoms with E-state index in [1.165, 1.54) is 24.3 Å². The molecule has 0 aliphatic rings. The number of hydrogen-bond donors (Lipinski definition) is 1. The molecular formula is C17H17ClN2O4. The molecule has 2 aromatic rings. The molecule has 2 rings (SSSR count). The van der Waals surface area contributed by atoms with Gasteiger partial charge in [-0.3, -0.25) is 14.9 Å². The van der Waals surface area contributed by atoms with Crippen LogP contribution in [0.15, 0.2) is 54.6 Å². The van der Waals surface area contributed by atoms with E-state index in [1.807, 2.05) is 30.3 Å². The van der Waals surface area contributed by atoms with Crippen LogP contribution in [0.4, 0.5) is 5.69 Å². The van der Waals surface area contributed by atoms with Gasteiger partial charge < -0.3 is 10.1 Å². The van der Waals surface area contributed by atoms with Gasteiger partial charge in [-0.1, -0.05) is 30.3 Å². The maximum absolute atomic E-state index is 12.1. The van der Waals surface area contributed by atoms with Gasteiger partial charge in [-0.25, -0.2) is 0 Å². The highest BCUT2D eigenvalue weighted by molar-refractivity contribution is 6.21. The molecule has 126 valence electrons. The molecule has 0 spiro atoms. The van der Waals surface area contributed by atoms with Crippen molar-refractivity contribution in [2.24, 2.45) is 0 Å². The minimum Gasteiger partial charge on any atom is -0.375 e. The van der Waals surface area contributed by atoms with Gasteiger partial charge in [-0.2, -0.15) is 0 Å². The normalized spacial score (nSPS) is 13.1. The lowest BCUT2D eigenvalue weighted by atomic mass is 10.1. The Morgan fingerprint density at radius 2 is 1.83 bits per heavy atom. The van der Waals surface area contributed by atoms with Crippen LogP contribution in [0.2, 0.25) is 0 Å². The highest BCUT2D eigenvalue weighted by atomic mass is 35.5. The van der Waals surface area contributed by atoms with Gasteiger partial charge in [-0.05, 0) is 17.7 Å². The van der Waals surface area contributed by atoms with E-state index < -0.39 is 10.3 Å². The molecule has 0 aliphatic carbocycles. The Balaban J connectivity index is 1.96. The summed E-state index contributed by atoms with van der Waals surface area (Å²) in [4.78, 5) is 22.2. The number of halogens is 1. The first kappa shape index (κ1) is 17.9. The molecular weight excluding hydrogens is 332 g/mol. The SMILES string of the molecule is CO[C@@H](c1ccccc1)[C@H](Cl)CNC(=O)c1ccc([N+](=O)[O-])cc1. The Labute approximate surface area is 144 Å². The molecule has 0 saturated heterocycles. The minimum atomic E-state index is -0.514. The summed E-state index contributed by atoms with van der Waals surface area (Å²) in [6, 6.07) is 14.9. The van der Waals surface area contributed by atoms with Crippen LogP contribution in [-0.4, -0.2) is 29.9 Å². The van der Waals surface area contributed by atoms with Gasteiger partial charge >= 0.3 is 0 Å². The van der Waals surface area contributed by atoms with Crippen molar-refractivity contribution in [3.05, 3.63) is 75.8 Å². The van der Waals surface area contributed by atoms with Gasteiger partial charge in [0.2, 0.25) is 0 Å². The molecule has 0 unspecified atom stereocenters. The number of ether oxygens (including phenoxy) is 1. The van der Waals surface area contributed by atoms with E-state index in [2.05, 4.69) is 5.32 Å². The number of amides is 1. The molecule has 7 heteroatoms. The van der Waals surface area contributed by atoms with Gasteiger partial charge in [-0.15, -0.1) is 11.6 Å². The predicted molar refractivity (Wildman–Crippen MR) is 91.3 cm³/mol. The monoisotopic (exact) mass is 348 g/mol. The lowest BCUT2D eigenvalue weighted by Crippen LogP contribution is -2.33. The fourth-order valence-electron chi connectivity index (χ4n) is 2.27. The highest BCUT2D eigenvalue weighted by Crippen LogP contribution is 2.24. The van der Waals surface area contributed by atoms with Crippen molar-refractivity contribution in [2.75, 3.05) is 13.7 Å². The van der Waals surface area contributed by atoms with Crippen LogP contribution in [0.5, 0.6) is 0 Å². The third kappa shape index (κ3) is 4.53. The largest absolute Gasteiger partial charge is 0.375 e. The summed E-state index contributed by atoms with van der Waals surface area (Å²) < 4.78 is 5.42. The number of hydrogen-bond acceptors (Lipinski definition) is 4. The molecule has 2 aromatic carbocycles. The number of benzene rings is 2. The second kappa shape index (κ2) is 8.42. The minimum absolute atomic E-state index is 0.0645. The predicted octanol–water partition coefficient (Wildman–Crippen LogP) is 3.32. The molecule has 2 atom stereocenters. The van der Waals surface area contributed by atoms with Crippen molar-refractivity contribution in [3.63, 3.8) is 0 Å². The van der Waals surface area contributed by atoms with Crippen LogP contribution in [0.1, 0.15) is 22.0 Å². The fourth-order valence-corrected chi connectivity index (χ4v) is 2.59. The van der Waals surface area contributed by atoms with Gasteiger partial charge in [0.25, 0.3) is 11.6 Å². The van der Waals surface area contributed by atoms with E-state index in [0.717, 1.165) is 5.56 Å². The number of rotatable bonds is 7. The van der Waals surface area contributed by atoms with Crippen molar-refractivity contribution >= 4 is 23.2 Å². The van der Waals surface area contributed by atoms with Crippen LogP contribution in [-0.2, 0) is 4.74 Å². The van der Waals surface area contributed by atoms with Gasteiger partial charge in [0, 0.05) is 31.4 Å². The van der Waals surface area contributed by atoms with Crippen LogP contribution in [0, 0.1) is 10.1 Å². The highest BCUT2D eigenvalue weighted by Gasteiger charge is 2.21. The fraction of sp³-hybridized carbons (Fsp3) is 0.235. The molecule has 1 N–H and O–H groups in total. The summed E-state index contributed by atoms with van der Waals surface area (Å²) in [6.07, 6.45) is -0.356. The third-order valence-electron chi connectivity index (χ3n) is 3.51. The van der Waals surface area contributed by atoms with Gasteiger partial charge in [0.05, 0.1) is 10.3 Å². The Morgan fingerprint density at radius 1 is 1.21 bits per heavy atom. The Bertz CT molecular complexity index is 691. The smallest absolute Gasteiger partial charge is 0.269 e. The summed E-state index contributed by atoms with van der Waals surface area (Å²) in [7, 11) is 1.56. The molecule has 0 radical (unpaired) electrons. The summed E-state index contributed by atoms with van der Waals surface area (Å²) in [5.41, 5.74) is 1.19. The quantitative estimate of drug-likeness (QED) is 0.473. The van der Waals surface area contributed by atoms with Gasteiger partial charge in [0.15, 0.2) is 0 Å². The average Bonchev–Trinajstić information content (AvgIpc) is 2.61. The number of carbonyl (C=O) groups is 1. The topological polar surface area (TPSA) is 81.5 Å². The van der Waals surface area contributed by atoms with E-state index in [-0.39, 0.29) is 24.2 Å². The molecule has 0 aliphatic heterocycles. The number of non-ortho nitro benzene ring substituents is 1. The first-order valence-corrected chi connectivity index (χ1v) is 7.71. The molecule has 6 nitrogen and oxygen atoms in total. The number of alkyl halides is 1. The van der Waals surface area contributed by atoms with Crippen LogP contribution in [0.3, 0.4) is 0 Å². The number of nitrogens with zero attached hydrogens (tertiary/aromatic N) is 1. The van der Waals surface area contributed by atoms with Gasteiger partial charge in [0.1, 0.15) is 6.10 Å². The summed E-state index contributed by atoms with van der Waals surface area (Å²) in [5.74, 6) is -0.349. The number of nitro benzene ring substituents is 1. The molecule has 0 saturated carbocycles. The van der Waals surface area contributed by atoms with Crippen molar-refractivity contribution in [1.82, 2.24) is 5.32 Å². The van der Waals surface area contributed by atoms with Crippen LogP contribution >= 0.6 is 11.6 Å². The maximum Gasteiger partial charge on any atom is 0.269 e. The third-order valence-corrected chi connectivity index (χ3v) is 3.89. The molecule has 0 bridgehead atoms. The molecule has 0 heterocycles. The number of nitrogens with one attached hydrogen (secondary N) is 1. The van der Waals surface area contributed by atoms with E-state index in [9.17, 15) is 14.9 Å². The van der Waals surface area contributed by atoms with Crippen molar-refractivity contribution in [3.8, 4) is 0 Å². The summed E-state index contributed by atoms with van der Waals surface area (Å²) >= 11 is 6.35. The average molecular weight is 349 g/mol. The van der Waals surface area contributed by atoms with E-state index >= 15 is 0 Å². The van der Waals surface area contributed by atoms with E-state index in [1.54, 1.807) is 7.11 Å². The first-order valence-electron chi connectivity index (χ1n) is 7.27. The number of methoxy groups -OCH3 is 1. The van der Waals surface area contributed by atoms with Crippen LogP contribution in [0.25, 0.3) is 0 Å². The zero-order chi connectivity index (χ0) is 17.5. The zero-order valence-electron chi connectivity index (χ0n) is 13.0. The Kier molecular flexibility index (Phi) is 6.28. The standard InChI is InChI=1S/C17H17ClN2O4/c1-24-16(12-5-3-2-4-6-12)15(18)11-19-17(21)13-7-9-14(10-8-13)20(22)23/h2-10,15-16H,11H2,1H3,(H,19,21)/t15-,16+/m1/s1. The second-order valence-corrected chi connectivity index (χ2v) is 5.66. The van der Waals surface area contributed by atoms with Crippen LogP contribution < -0.4 is 5.32 Å². The summed E-state index contributed by atoms with van der Waals surface area (Å²) in [6.45, 7) is 0.199. The number of carbonyl (C=O) groups excluding carboxylic acids is 1. The maximum atomic E-state index is 12.1. The van der Waals surface area contributed by atoms with Crippen molar-refractivity contribution in [2.45, 2.75) is 11.5 Å². The Hall–Kier alpha value is -2.44. The van der Waals surface area contributed by atoms with Crippen molar-refractivity contribution < 1.29 is 14.5 Å². The lowest BCUT2D eigenvalue weighted by molar-refractivity contribution is -0.384. The summed E-state index contributed by atoms with van der Waals surface area (Å²) in [5, 5.41) is 12.9. The molecule has 0 fully saturated rings.